The van der Waals surface area contributed by atoms with Gasteiger partial charge in [-0.3, -0.25) is 0 Å². The molecule has 0 radical (unpaired) electrons. The van der Waals surface area contributed by atoms with Crippen molar-refractivity contribution < 1.29 is 0 Å². The molecule has 2 heterocycles. The Morgan fingerprint density at radius 1 is 1.23 bits per heavy atom. The van der Waals surface area contributed by atoms with Crippen LogP contribution in [-0.4, -0.2) is 9.55 Å². The van der Waals surface area contributed by atoms with Crippen LogP contribution in [-0.2, 0) is 12.8 Å². The summed E-state index contributed by atoms with van der Waals surface area (Å²) in [6, 6.07) is 4.07. The fourth-order valence-corrected chi connectivity index (χ4v) is 2.86. The molecule has 13 heavy (non-hydrogen) atoms. The summed E-state index contributed by atoms with van der Waals surface area (Å²) < 4.78 is 2.09. The minimum absolute atomic E-state index is 1.12. The molecule has 2 aromatic heterocycles. The molecule has 2 nitrogen and oxygen atoms in total. The summed E-state index contributed by atoms with van der Waals surface area (Å²) >= 11 is 1.83. The van der Waals surface area contributed by atoms with E-state index >= 15 is 0 Å². The number of nitrogens with zero attached hydrogens (tertiary/aromatic N) is 2. The largest absolute Gasteiger partial charge is 0.300 e. The first-order valence-corrected chi connectivity index (χ1v) is 5.37. The van der Waals surface area contributed by atoms with E-state index in [2.05, 4.69) is 9.55 Å². The molecule has 3 heteroatoms. The molecule has 0 atom stereocenters. The van der Waals surface area contributed by atoms with Gasteiger partial charge in [-0.05, 0) is 31.4 Å². The maximum atomic E-state index is 4.61. The van der Waals surface area contributed by atoms with Crippen LogP contribution in [0.25, 0.3) is 5.13 Å². The smallest absolute Gasteiger partial charge is 0.193 e. The summed E-state index contributed by atoms with van der Waals surface area (Å²) in [4.78, 5) is 6.10. The molecule has 0 spiro atoms. The van der Waals surface area contributed by atoms with Crippen LogP contribution in [0.1, 0.15) is 17.0 Å². The maximum Gasteiger partial charge on any atom is 0.193 e. The average Bonchev–Trinajstić information content (AvgIpc) is 2.78. The predicted octanol–water partition coefficient (Wildman–Crippen LogP) is 2.42. The molecule has 0 N–H and O–H groups in total. The van der Waals surface area contributed by atoms with Gasteiger partial charge < -0.3 is 4.57 Å². The van der Waals surface area contributed by atoms with Crippen molar-refractivity contribution in [2.45, 2.75) is 19.3 Å². The van der Waals surface area contributed by atoms with Crippen molar-refractivity contribution in [1.29, 1.82) is 0 Å². The van der Waals surface area contributed by atoms with E-state index in [1.165, 1.54) is 29.8 Å². The highest BCUT2D eigenvalue weighted by Gasteiger charge is 2.16. The van der Waals surface area contributed by atoms with Gasteiger partial charge in [-0.2, -0.15) is 0 Å². The standard InChI is InChI=1S/C10H10N2S/c1-2-7-12(6-1)10-11-8-4-3-5-9(8)13-10/h1-2,6-7H,3-5H2. The number of aromatic nitrogens is 2. The molecule has 0 aliphatic heterocycles. The summed E-state index contributed by atoms with van der Waals surface area (Å²) in [7, 11) is 0. The molecule has 0 saturated carbocycles. The molecule has 0 amide bonds. The Bertz CT molecular complexity index is 393. The van der Waals surface area contributed by atoms with Gasteiger partial charge in [0, 0.05) is 17.3 Å². The zero-order valence-corrected chi connectivity index (χ0v) is 8.05. The lowest BCUT2D eigenvalue weighted by atomic mass is 10.4. The topological polar surface area (TPSA) is 17.8 Å². The van der Waals surface area contributed by atoms with Gasteiger partial charge in [0.05, 0.1) is 5.69 Å². The van der Waals surface area contributed by atoms with Crippen molar-refractivity contribution >= 4 is 11.3 Å². The summed E-state index contributed by atoms with van der Waals surface area (Å²) in [5.41, 5.74) is 1.33. The Kier molecular flexibility index (Phi) is 1.52. The average molecular weight is 190 g/mol. The Morgan fingerprint density at radius 3 is 2.85 bits per heavy atom. The second-order valence-corrected chi connectivity index (χ2v) is 4.37. The molecular weight excluding hydrogens is 180 g/mol. The fourth-order valence-electron chi connectivity index (χ4n) is 1.75. The molecule has 2 aromatic rings. The van der Waals surface area contributed by atoms with Gasteiger partial charge in [0.15, 0.2) is 5.13 Å². The molecule has 0 saturated heterocycles. The SMILES string of the molecule is c1ccn(-c2nc3c(s2)CCC3)c1. The fraction of sp³-hybridized carbons (Fsp3) is 0.300. The van der Waals surface area contributed by atoms with Crippen molar-refractivity contribution in [1.82, 2.24) is 9.55 Å². The van der Waals surface area contributed by atoms with Crippen molar-refractivity contribution in [3.63, 3.8) is 0 Å². The lowest BCUT2D eigenvalue weighted by Gasteiger charge is -1.94. The van der Waals surface area contributed by atoms with Gasteiger partial charge >= 0.3 is 0 Å². The predicted molar refractivity (Wildman–Crippen MR) is 53.5 cm³/mol. The minimum Gasteiger partial charge on any atom is -0.300 e. The summed E-state index contributed by atoms with van der Waals surface area (Å²) in [6.45, 7) is 0. The molecule has 1 aliphatic rings. The highest BCUT2D eigenvalue weighted by molar-refractivity contribution is 7.14. The maximum absolute atomic E-state index is 4.61. The Labute approximate surface area is 80.9 Å². The molecule has 1 aliphatic carbocycles. The summed E-state index contributed by atoms with van der Waals surface area (Å²) in [5.74, 6) is 0. The summed E-state index contributed by atoms with van der Waals surface area (Å²) in [6.07, 6.45) is 7.80. The monoisotopic (exact) mass is 190 g/mol. The van der Waals surface area contributed by atoms with Crippen molar-refractivity contribution in [3.8, 4) is 5.13 Å². The van der Waals surface area contributed by atoms with Crippen LogP contribution in [0.5, 0.6) is 0 Å². The highest BCUT2D eigenvalue weighted by atomic mass is 32.1. The van der Waals surface area contributed by atoms with Crippen molar-refractivity contribution in [3.05, 3.63) is 35.1 Å². The first-order chi connectivity index (χ1) is 6.43. The van der Waals surface area contributed by atoms with Gasteiger partial charge in [0.25, 0.3) is 0 Å². The van der Waals surface area contributed by atoms with Gasteiger partial charge in [0.1, 0.15) is 0 Å². The van der Waals surface area contributed by atoms with Gasteiger partial charge in [0.2, 0.25) is 0 Å². The van der Waals surface area contributed by atoms with E-state index in [0.29, 0.717) is 0 Å². The Hall–Kier alpha value is -1.09. The van der Waals surface area contributed by atoms with Crippen LogP contribution < -0.4 is 0 Å². The lowest BCUT2D eigenvalue weighted by molar-refractivity contribution is 0.891. The molecule has 0 fully saturated rings. The Morgan fingerprint density at radius 2 is 2.08 bits per heavy atom. The van der Waals surface area contributed by atoms with Crippen molar-refractivity contribution in [2.75, 3.05) is 0 Å². The first-order valence-electron chi connectivity index (χ1n) is 4.55. The second-order valence-electron chi connectivity index (χ2n) is 3.31. The third-order valence-corrected chi connectivity index (χ3v) is 3.58. The van der Waals surface area contributed by atoms with E-state index in [9.17, 15) is 0 Å². The Balaban J connectivity index is 2.08. The van der Waals surface area contributed by atoms with Gasteiger partial charge in [-0.1, -0.05) is 0 Å². The van der Waals surface area contributed by atoms with E-state index < -0.39 is 0 Å². The number of aryl methyl sites for hydroxylation is 2. The van der Waals surface area contributed by atoms with Crippen LogP contribution >= 0.6 is 11.3 Å². The summed E-state index contributed by atoms with van der Waals surface area (Å²) in [5, 5.41) is 1.12. The number of hydrogen-bond acceptors (Lipinski definition) is 2. The molecule has 0 unspecified atom stereocenters. The highest BCUT2D eigenvalue weighted by Crippen LogP contribution is 2.29. The molecule has 66 valence electrons. The zero-order valence-electron chi connectivity index (χ0n) is 7.23. The molecule has 0 bridgehead atoms. The first kappa shape index (κ1) is 7.33. The van der Waals surface area contributed by atoms with E-state index in [-0.39, 0.29) is 0 Å². The second kappa shape index (κ2) is 2.70. The minimum atomic E-state index is 1.12. The number of hydrogen-bond donors (Lipinski definition) is 0. The van der Waals surface area contributed by atoms with E-state index in [1.807, 2.05) is 35.9 Å². The van der Waals surface area contributed by atoms with Crippen molar-refractivity contribution in [2.24, 2.45) is 0 Å². The number of rotatable bonds is 1. The number of thiazole rings is 1. The normalized spacial score (nSPS) is 14.8. The van der Waals surface area contributed by atoms with E-state index in [1.54, 1.807) is 0 Å². The van der Waals surface area contributed by atoms with Gasteiger partial charge in [-0.15, -0.1) is 11.3 Å². The molecule has 0 aromatic carbocycles. The zero-order chi connectivity index (χ0) is 8.67. The van der Waals surface area contributed by atoms with E-state index in [4.69, 9.17) is 0 Å². The van der Waals surface area contributed by atoms with Crippen LogP contribution in [0.4, 0.5) is 0 Å². The lowest BCUT2D eigenvalue weighted by Crippen LogP contribution is -1.88. The third-order valence-electron chi connectivity index (χ3n) is 2.41. The van der Waals surface area contributed by atoms with Gasteiger partial charge in [-0.25, -0.2) is 4.98 Å². The van der Waals surface area contributed by atoms with E-state index in [0.717, 1.165) is 5.13 Å². The third kappa shape index (κ3) is 1.11. The quantitative estimate of drug-likeness (QED) is 0.675. The number of fused-ring (bicyclic) bond motifs is 1. The van der Waals surface area contributed by atoms with Crippen LogP contribution in [0, 0.1) is 0 Å². The molecular formula is C10H10N2S. The van der Waals surface area contributed by atoms with Crippen LogP contribution in [0.3, 0.4) is 0 Å². The van der Waals surface area contributed by atoms with Crippen LogP contribution in [0.15, 0.2) is 24.5 Å². The van der Waals surface area contributed by atoms with Crippen LogP contribution in [0.2, 0.25) is 0 Å². The molecule has 3 rings (SSSR count).